The highest BCUT2D eigenvalue weighted by Gasteiger charge is 2.43. The van der Waals surface area contributed by atoms with E-state index in [2.05, 4.69) is 41.5 Å². The van der Waals surface area contributed by atoms with E-state index in [1.807, 2.05) is 26.8 Å². The molecule has 37 heavy (non-hydrogen) atoms. The smallest absolute Gasteiger partial charge is 0.391 e. The Kier molecular flexibility index (Phi) is 7.36. The molecule has 1 aromatic carbocycles. The van der Waals surface area contributed by atoms with E-state index in [4.69, 9.17) is 9.26 Å². The minimum atomic E-state index is -2.46. The van der Waals surface area contributed by atoms with Crippen LogP contribution in [0, 0.1) is 0 Å². The Labute approximate surface area is 220 Å². The van der Waals surface area contributed by atoms with Crippen LogP contribution in [0.3, 0.4) is 0 Å². The van der Waals surface area contributed by atoms with Gasteiger partial charge in [0.05, 0.1) is 12.8 Å². The van der Waals surface area contributed by atoms with Gasteiger partial charge < -0.3 is 33.7 Å². The Morgan fingerprint density at radius 2 is 1.24 bits per heavy atom. The zero-order valence-electron chi connectivity index (χ0n) is 22.8. The third-order valence-electron chi connectivity index (χ3n) is 6.58. The molecule has 1 aliphatic carbocycles. The third kappa shape index (κ3) is 6.28. The summed E-state index contributed by atoms with van der Waals surface area (Å²) in [6.07, 6.45) is 1.52. The van der Waals surface area contributed by atoms with Gasteiger partial charge in [-0.15, -0.1) is 0 Å². The summed E-state index contributed by atoms with van der Waals surface area (Å²) in [5.41, 5.74) is 3.29. The molecule has 0 radical (unpaired) electrons. The Morgan fingerprint density at radius 3 is 1.62 bits per heavy atom. The van der Waals surface area contributed by atoms with Crippen molar-refractivity contribution in [3.8, 4) is 11.5 Å². The van der Waals surface area contributed by atoms with Gasteiger partial charge in [-0.05, 0) is 23.0 Å². The summed E-state index contributed by atoms with van der Waals surface area (Å²) >= 11 is 0. The highest BCUT2D eigenvalue weighted by molar-refractivity contribution is 7.39. The molecule has 0 aromatic heterocycles. The number of benzene rings is 1. The number of allylic oxidation sites excluding steroid dienone is 1. The van der Waals surface area contributed by atoms with E-state index < -0.39 is 8.60 Å². The highest BCUT2D eigenvalue weighted by Crippen LogP contribution is 2.46. The number of ether oxygens (including phenoxy) is 1. The van der Waals surface area contributed by atoms with Crippen molar-refractivity contribution in [2.24, 2.45) is 0 Å². The minimum absolute atomic E-state index is 0.00546. The maximum absolute atomic E-state index is 12.4. The maximum atomic E-state index is 12.4. The second-order valence-electron chi connectivity index (χ2n) is 11.8. The number of ketones is 2. The number of methoxy groups -OCH3 is 1. The second kappa shape index (κ2) is 9.93. The summed E-state index contributed by atoms with van der Waals surface area (Å²) < 4.78 is 10.7. The van der Waals surface area contributed by atoms with Crippen LogP contribution >= 0.6 is 8.60 Å². The minimum Gasteiger partial charge on any atom is -0.497 e. The standard InChI is InChI=1S/C15H25O4P.C12H13N3O2/c1-14(2,3)11-8-10(18-7)9-12(15(4,5)6)13(11)19-20(16)17;16-9-7-8(13-1-2-13)12(17)11(15-5-6-15)10(9)14-3-4-14/h8-9,16-17H,1-7H3;7H,1-6H2. The fourth-order valence-electron chi connectivity index (χ4n) is 4.29. The van der Waals surface area contributed by atoms with Crippen LogP contribution in [0.4, 0.5) is 0 Å². The summed E-state index contributed by atoms with van der Waals surface area (Å²) in [7, 11) is -0.833. The molecule has 5 rings (SSSR count). The number of carbonyl (C=O) groups is 2. The number of carbonyl (C=O) groups excluding carboxylic acids is 2. The summed E-state index contributed by atoms with van der Waals surface area (Å²) in [5.74, 6) is 1.33. The lowest BCUT2D eigenvalue weighted by Gasteiger charge is -2.30. The molecule has 0 saturated carbocycles. The van der Waals surface area contributed by atoms with Gasteiger partial charge in [0.1, 0.15) is 22.9 Å². The van der Waals surface area contributed by atoms with Gasteiger partial charge in [-0.2, -0.15) is 0 Å². The van der Waals surface area contributed by atoms with E-state index in [0.717, 1.165) is 56.1 Å². The van der Waals surface area contributed by atoms with Crippen molar-refractivity contribution in [1.29, 1.82) is 0 Å². The molecule has 2 N–H and O–H groups in total. The van der Waals surface area contributed by atoms with Crippen molar-refractivity contribution in [1.82, 2.24) is 14.7 Å². The van der Waals surface area contributed by atoms with E-state index in [1.54, 1.807) is 7.11 Å². The fraction of sp³-hybridized carbons (Fsp3) is 0.556. The first kappa shape index (κ1) is 27.4. The summed E-state index contributed by atoms with van der Waals surface area (Å²) in [6, 6.07) is 3.78. The molecular weight excluding hydrogens is 493 g/mol. The molecule has 1 aromatic rings. The molecule has 202 valence electrons. The quantitative estimate of drug-likeness (QED) is 0.326. The molecule has 3 saturated heterocycles. The van der Waals surface area contributed by atoms with Crippen molar-refractivity contribution in [3.05, 3.63) is 46.4 Å². The normalized spacial score (nSPS) is 19.1. The Bertz CT molecular complexity index is 1110. The van der Waals surface area contributed by atoms with Gasteiger partial charge in [-0.3, -0.25) is 9.59 Å². The van der Waals surface area contributed by atoms with Crippen LogP contribution in [0.2, 0.25) is 0 Å². The van der Waals surface area contributed by atoms with Crippen LogP contribution < -0.4 is 9.26 Å². The predicted molar refractivity (Wildman–Crippen MR) is 142 cm³/mol. The number of nitrogens with zero attached hydrogens (tertiary/aromatic N) is 3. The molecule has 10 heteroatoms. The first-order valence-electron chi connectivity index (χ1n) is 12.6. The topological polar surface area (TPSA) is 102 Å². The molecule has 3 aliphatic heterocycles. The number of hydrogen-bond donors (Lipinski definition) is 2. The molecule has 3 fully saturated rings. The summed E-state index contributed by atoms with van der Waals surface area (Å²) in [5, 5.41) is 0. The van der Waals surface area contributed by atoms with Gasteiger partial charge in [-0.1, -0.05) is 41.5 Å². The largest absolute Gasteiger partial charge is 0.497 e. The Hall–Kier alpha value is -2.61. The Balaban J connectivity index is 0.000000174. The van der Waals surface area contributed by atoms with Gasteiger partial charge in [0.25, 0.3) is 0 Å². The Morgan fingerprint density at radius 1 is 0.784 bits per heavy atom. The molecule has 3 heterocycles. The number of rotatable bonds is 6. The van der Waals surface area contributed by atoms with E-state index >= 15 is 0 Å². The molecule has 0 bridgehead atoms. The van der Waals surface area contributed by atoms with Crippen LogP contribution in [0.25, 0.3) is 0 Å². The molecular formula is C27H38N3O6P. The highest BCUT2D eigenvalue weighted by atomic mass is 31.2. The van der Waals surface area contributed by atoms with E-state index in [9.17, 15) is 19.4 Å². The molecule has 0 amide bonds. The molecule has 4 aliphatic rings. The van der Waals surface area contributed by atoms with Crippen molar-refractivity contribution < 1.29 is 28.6 Å². The van der Waals surface area contributed by atoms with Crippen molar-refractivity contribution in [2.75, 3.05) is 46.4 Å². The van der Waals surface area contributed by atoms with Gasteiger partial charge in [0.15, 0.2) is 0 Å². The fourth-order valence-corrected chi connectivity index (χ4v) is 4.65. The van der Waals surface area contributed by atoms with Crippen LogP contribution in [-0.2, 0) is 20.4 Å². The van der Waals surface area contributed by atoms with Crippen LogP contribution in [0.1, 0.15) is 52.7 Å². The third-order valence-corrected chi connectivity index (χ3v) is 6.92. The van der Waals surface area contributed by atoms with Gasteiger partial charge in [0.2, 0.25) is 11.6 Å². The van der Waals surface area contributed by atoms with Crippen molar-refractivity contribution in [3.63, 3.8) is 0 Å². The maximum Gasteiger partial charge on any atom is 0.391 e. The monoisotopic (exact) mass is 531 g/mol. The van der Waals surface area contributed by atoms with Crippen LogP contribution in [0.5, 0.6) is 11.5 Å². The number of Topliss-reactive ketones (excluding diaryl/α,β-unsaturated/α-hetero) is 1. The first-order valence-corrected chi connectivity index (χ1v) is 13.8. The molecule has 0 atom stereocenters. The average Bonchev–Trinajstić information content (AvgIpc) is 3.63. The van der Waals surface area contributed by atoms with Crippen LogP contribution in [-0.4, -0.2) is 82.4 Å². The van der Waals surface area contributed by atoms with Crippen molar-refractivity contribution >= 4 is 20.2 Å². The van der Waals surface area contributed by atoms with Gasteiger partial charge >= 0.3 is 8.60 Å². The van der Waals surface area contributed by atoms with Crippen LogP contribution in [0.15, 0.2) is 35.3 Å². The van der Waals surface area contributed by atoms with E-state index in [1.165, 1.54) is 6.08 Å². The lowest BCUT2D eigenvalue weighted by atomic mass is 9.79. The van der Waals surface area contributed by atoms with Gasteiger partial charge in [0, 0.05) is 56.5 Å². The lowest BCUT2D eigenvalue weighted by molar-refractivity contribution is -0.117. The van der Waals surface area contributed by atoms with Gasteiger partial charge in [-0.25, -0.2) is 0 Å². The zero-order chi connectivity index (χ0) is 27.3. The SMILES string of the molecule is COc1cc(C(C)(C)C)c(OP(O)O)c(C(C)(C)C)c1.O=C1C=C(N2CC2)C(=O)C(N2CC2)=C1N1CC1. The lowest BCUT2D eigenvalue weighted by Crippen LogP contribution is -2.29. The molecule has 0 spiro atoms. The summed E-state index contributed by atoms with van der Waals surface area (Å²) in [6.45, 7) is 17.7. The number of hydrogen-bond acceptors (Lipinski definition) is 9. The molecule has 9 nitrogen and oxygen atoms in total. The summed E-state index contributed by atoms with van der Waals surface area (Å²) in [4.78, 5) is 49.0. The average molecular weight is 532 g/mol. The van der Waals surface area contributed by atoms with Crippen molar-refractivity contribution in [2.45, 2.75) is 52.4 Å². The predicted octanol–water partition coefficient (Wildman–Crippen LogP) is 3.06. The van der Waals surface area contributed by atoms with E-state index in [-0.39, 0.29) is 22.4 Å². The second-order valence-corrected chi connectivity index (χ2v) is 12.5. The molecule has 0 unspecified atom stereocenters. The zero-order valence-corrected chi connectivity index (χ0v) is 23.7. The first-order chi connectivity index (χ1) is 17.2. The van der Waals surface area contributed by atoms with E-state index in [0.29, 0.717) is 22.8 Å².